The zero-order chi connectivity index (χ0) is 18.8. The van der Waals surface area contributed by atoms with Crippen molar-refractivity contribution in [2.45, 2.75) is 38.8 Å². The number of nitrogens with zero attached hydrogens (tertiary/aromatic N) is 3. The van der Waals surface area contributed by atoms with Crippen LogP contribution in [0.2, 0.25) is 0 Å². The van der Waals surface area contributed by atoms with Crippen LogP contribution in [0.3, 0.4) is 0 Å². The molecule has 3 aromatic rings. The molecule has 1 aliphatic heterocycles. The second-order valence-electron chi connectivity index (χ2n) is 7.40. The molecule has 138 valence electrons. The largest absolute Gasteiger partial charge is 0.332 e. The van der Waals surface area contributed by atoms with Gasteiger partial charge in [-0.1, -0.05) is 42.5 Å². The molecule has 1 saturated heterocycles. The van der Waals surface area contributed by atoms with Gasteiger partial charge in [-0.05, 0) is 44.4 Å². The van der Waals surface area contributed by atoms with Crippen LogP contribution in [-0.2, 0) is 0 Å². The van der Waals surface area contributed by atoms with Gasteiger partial charge in [-0.3, -0.25) is 4.79 Å². The molecule has 1 unspecified atom stereocenters. The standard InChI is InChI=1S/C23H25N3O/c1-17(2)25-15-13-24-22(25)19-10-6-11-20(16-19)23(27)26-14-7-12-21(26)18-8-4-3-5-9-18/h3-6,8-11,13,15-17,21H,7,12,14H2,1-2H3. The molecular formula is C23H25N3O. The van der Waals surface area contributed by atoms with Crippen molar-refractivity contribution in [2.24, 2.45) is 0 Å². The van der Waals surface area contributed by atoms with Gasteiger partial charge in [-0.25, -0.2) is 4.98 Å². The summed E-state index contributed by atoms with van der Waals surface area (Å²) < 4.78 is 2.13. The quantitative estimate of drug-likeness (QED) is 0.649. The number of hydrogen-bond donors (Lipinski definition) is 0. The first-order valence-electron chi connectivity index (χ1n) is 9.64. The average Bonchev–Trinajstić information content (AvgIpc) is 3.38. The van der Waals surface area contributed by atoms with Crippen molar-refractivity contribution in [1.82, 2.24) is 14.5 Å². The van der Waals surface area contributed by atoms with E-state index in [0.29, 0.717) is 6.04 Å². The van der Waals surface area contributed by atoms with Crippen LogP contribution in [0.4, 0.5) is 0 Å². The van der Waals surface area contributed by atoms with Gasteiger partial charge in [0.1, 0.15) is 5.82 Å². The van der Waals surface area contributed by atoms with Crippen LogP contribution < -0.4 is 0 Å². The molecule has 4 heteroatoms. The minimum atomic E-state index is 0.103. The van der Waals surface area contributed by atoms with Gasteiger partial charge in [0.05, 0.1) is 6.04 Å². The van der Waals surface area contributed by atoms with E-state index in [1.54, 1.807) is 0 Å². The lowest BCUT2D eigenvalue weighted by Gasteiger charge is -2.25. The number of benzene rings is 2. The summed E-state index contributed by atoms with van der Waals surface area (Å²) in [4.78, 5) is 19.8. The number of likely N-dealkylation sites (tertiary alicyclic amines) is 1. The summed E-state index contributed by atoms with van der Waals surface area (Å²) in [5, 5.41) is 0. The molecule has 2 heterocycles. The summed E-state index contributed by atoms with van der Waals surface area (Å²) >= 11 is 0. The van der Waals surface area contributed by atoms with Gasteiger partial charge in [0.2, 0.25) is 0 Å². The third-order valence-corrected chi connectivity index (χ3v) is 5.29. The lowest BCUT2D eigenvalue weighted by Crippen LogP contribution is -2.30. The molecule has 1 fully saturated rings. The predicted molar refractivity (Wildman–Crippen MR) is 108 cm³/mol. The van der Waals surface area contributed by atoms with E-state index in [2.05, 4.69) is 35.5 Å². The summed E-state index contributed by atoms with van der Waals surface area (Å²) in [5.41, 5.74) is 2.93. The number of hydrogen-bond acceptors (Lipinski definition) is 2. The van der Waals surface area contributed by atoms with E-state index >= 15 is 0 Å². The molecule has 0 N–H and O–H groups in total. The van der Waals surface area contributed by atoms with Crippen LogP contribution in [-0.4, -0.2) is 26.9 Å². The second-order valence-corrected chi connectivity index (χ2v) is 7.40. The number of aromatic nitrogens is 2. The van der Waals surface area contributed by atoms with E-state index in [4.69, 9.17) is 0 Å². The van der Waals surface area contributed by atoms with E-state index in [-0.39, 0.29) is 11.9 Å². The normalized spacial score (nSPS) is 16.9. The Hall–Kier alpha value is -2.88. The zero-order valence-corrected chi connectivity index (χ0v) is 15.9. The number of amides is 1. The number of carbonyl (C=O) groups excluding carboxylic acids is 1. The third-order valence-electron chi connectivity index (χ3n) is 5.29. The smallest absolute Gasteiger partial charge is 0.254 e. The van der Waals surface area contributed by atoms with Crippen LogP contribution >= 0.6 is 0 Å². The Labute approximate surface area is 160 Å². The van der Waals surface area contributed by atoms with Gasteiger partial charge in [-0.15, -0.1) is 0 Å². The molecule has 27 heavy (non-hydrogen) atoms. The summed E-state index contributed by atoms with van der Waals surface area (Å²) in [6.07, 6.45) is 5.87. The van der Waals surface area contributed by atoms with Gasteiger partial charge in [0.25, 0.3) is 5.91 Å². The van der Waals surface area contributed by atoms with Crippen LogP contribution in [0, 0.1) is 0 Å². The van der Waals surface area contributed by atoms with Gasteiger partial charge in [-0.2, -0.15) is 0 Å². The maximum absolute atomic E-state index is 13.3. The van der Waals surface area contributed by atoms with Crippen LogP contribution in [0.5, 0.6) is 0 Å². The van der Waals surface area contributed by atoms with Gasteiger partial charge in [0.15, 0.2) is 0 Å². The van der Waals surface area contributed by atoms with Gasteiger partial charge in [0, 0.05) is 36.1 Å². The van der Waals surface area contributed by atoms with E-state index in [1.807, 2.05) is 59.8 Å². The van der Waals surface area contributed by atoms with Crippen LogP contribution in [0.15, 0.2) is 67.0 Å². The summed E-state index contributed by atoms with van der Waals surface area (Å²) in [6.45, 7) is 5.08. The van der Waals surface area contributed by atoms with Crippen molar-refractivity contribution in [1.29, 1.82) is 0 Å². The minimum Gasteiger partial charge on any atom is -0.332 e. The fourth-order valence-corrected chi connectivity index (χ4v) is 3.94. The highest BCUT2D eigenvalue weighted by molar-refractivity contribution is 5.95. The first kappa shape index (κ1) is 17.5. The Morgan fingerprint density at radius 3 is 2.70 bits per heavy atom. The molecule has 0 saturated carbocycles. The maximum Gasteiger partial charge on any atom is 0.254 e. The molecule has 0 spiro atoms. The Morgan fingerprint density at radius 2 is 1.93 bits per heavy atom. The van der Waals surface area contributed by atoms with E-state index in [0.717, 1.165) is 36.3 Å². The van der Waals surface area contributed by atoms with E-state index in [9.17, 15) is 4.79 Å². The fourth-order valence-electron chi connectivity index (χ4n) is 3.94. The lowest BCUT2D eigenvalue weighted by atomic mass is 10.0. The Bertz CT molecular complexity index is 930. The molecule has 0 bridgehead atoms. The Balaban J connectivity index is 1.64. The molecule has 1 atom stereocenters. The SMILES string of the molecule is CC(C)n1ccnc1-c1cccc(C(=O)N2CCCC2c2ccccc2)c1. The first-order valence-corrected chi connectivity index (χ1v) is 9.64. The van der Waals surface area contributed by atoms with Crippen LogP contribution in [0.1, 0.15) is 54.7 Å². The lowest BCUT2D eigenvalue weighted by molar-refractivity contribution is 0.0735. The van der Waals surface area contributed by atoms with Crippen LogP contribution in [0.25, 0.3) is 11.4 Å². The van der Waals surface area contributed by atoms with Crippen molar-refractivity contribution in [2.75, 3.05) is 6.54 Å². The Morgan fingerprint density at radius 1 is 1.11 bits per heavy atom. The van der Waals surface area contributed by atoms with E-state index in [1.165, 1.54) is 5.56 Å². The highest BCUT2D eigenvalue weighted by atomic mass is 16.2. The van der Waals surface area contributed by atoms with Gasteiger partial charge >= 0.3 is 0 Å². The summed E-state index contributed by atoms with van der Waals surface area (Å²) in [7, 11) is 0. The highest BCUT2D eigenvalue weighted by Gasteiger charge is 2.30. The van der Waals surface area contributed by atoms with Crippen molar-refractivity contribution in [3.8, 4) is 11.4 Å². The van der Waals surface area contributed by atoms with Gasteiger partial charge < -0.3 is 9.47 Å². The predicted octanol–water partition coefficient (Wildman–Crippen LogP) is 5.11. The third kappa shape index (κ3) is 3.39. The average molecular weight is 359 g/mol. The number of rotatable bonds is 4. The summed E-state index contributed by atoms with van der Waals surface area (Å²) in [5.74, 6) is 1.01. The molecule has 0 aliphatic carbocycles. The second kappa shape index (κ2) is 7.39. The zero-order valence-electron chi connectivity index (χ0n) is 15.9. The number of carbonyl (C=O) groups is 1. The number of imidazole rings is 1. The van der Waals surface area contributed by atoms with Crippen molar-refractivity contribution in [3.05, 3.63) is 78.1 Å². The highest BCUT2D eigenvalue weighted by Crippen LogP contribution is 2.33. The molecule has 4 nitrogen and oxygen atoms in total. The van der Waals surface area contributed by atoms with Crippen molar-refractivity contribution in [3.63, 3.8) is 0 Å². The molecule has 2 aromatic carbocycles. The minimum absolute atomic E-state index is 0.103. The summed E-state index contributed by atoms with van der Waals surface area (Å²) in [6, 6.07) is 18.7. The molecule has 0 radical (unpaired) electrons. The topological polar surface area (TPSA) is 38.1 Å². The molecular weight excluding hydrogens is 334 g/mol. The Kier molecular flexibility index (Phi) is 4.80. The first-order chi connectivity index (χ1) is 13.1. The fraction of sp³-hybridized carbons (Fsp3) is 0.304. The molecule has 1 amide bonds. The molecule has 1 aromatic heterocycles. The monoisotopic (exact) mass is 359 g/mol. The van der Waals surface area contributed by atoms with Crippen molar-refractivity contribution < 1.29 is 4.79 Å². The maximum atomic E-state index is 13.3. The molecule has 1 aliphatic rings. The molecule has 4 rings (SSSR count). The van der Waals surface area contributed by atoms with E-state index < -0.39 is 0 Å². The van der Waals surface area contributed by atoms with Crippen molar-refractivity contribution >= 4 is 5.91 Å².